The summed E-state index contributed by atoms with van der Waals surface area (Å²) in [6.45, 7) is 2.64. The Morgan fingerprint density at radius 3 is 2.33 bits per heavy atom. The third-order valence-electron chi connectivity index (χ3n) is 3.57. The normalized spacial score (nSPS) is 11.1. The fourth-order valence-electron chi connectivity index (χ4n) is 2.19. The minimum absolute atomic E-state index is 0.0670. The number of para-hydroxylation sites is 1. The summed E-state index contributed by atoms with van der Waals surface area (Å²) in [5.74, 6) is 1.44. The molecular weight excluding hydrogens is 348 g/mol. The quantitative estimate of drug-likeness (QED) is 0.218. The average molecular weight is 372 g/mol. The Labute approximate surface area is 158 Å². The number of ether oxygens (including phenoxy) is 2. The summed E-state index contributed by atoms with van der Waals surface area (Å²) >= 11 is 0. The zero-order valence-corrected chi connectivity index (χ0v) is 15.3. The standard InChI is InChI=1S/C19H24N4O4/c1-26-13-11-20-19(21-12-14-27-18-5-3-2-4-6-18)22-15-16-7-9-17(10-8-16)23(24)25/h2-10H,11-15H2,1H3,(H2,20,21,22). The van der Waals surface area contributed by atoms with Gasteiger partial charge in [-0.15, -0.1) is 0 Å². The van der Waals surface area contributed by atoms with E-state index in [4.69, 9.17) is 9.47 Å². The lowest BCUT2D eigenvalue weighted by atomic mass is 10.2. The maximum Gasteiger partial charge on any atom is 0.269 e. The summed E-state index contributed by atoms with van der Waals surface area (Å²) in [7, 11) is 1.64. The number of rotatable bonds is 10. The van der Waals surface area contributed by atoms with Crippen molar-refractivity contribution >= 4 is 11.6 Å². The minimum atomic E-state index is -0.418. The third-order valence-corrected chi connectivity index (χ3v) is 3.57. The van der Waals surface area contributed by atoms with E-state index in [0.717, 1.165) is 11.3 Å². The number of hydrogen-bond acceptors (Lipinski definition) is 5. The van der Waals surface area contributed by atoms with E-state index >= 15 is 0 Å². The molecule has 0 aliphatic carbocycles. The van der Waals surface area contributed by atoms with Gasteiger partial charge < -0.3 is 20.1 Å². The van der Waals surface area contributed by atoms with Crippen LogP contribution < -0.4 is 15.4 Å². The van der Waals surface area contributed by atoms with Gasteiger partial charge in [0.25, 0.3) is 5.69 Å². The SMILES string of the molecule is COCCNC(=NCc1ccc([N+](=O)[O-])cc1)NCCOc1ccccc1. The van der Waals surface area contributed by atoms with Crippen LogP contribution in [0.1, 0.15) is 5.56 Å². The number of benzene rings is 2. The molecule has 0 unspecified atom stereocenters. The third kappa shape index (κ3) is 7.74. The molecule has 2 rings (SSSR count). The number of nitro benzene ring substituents is 1. The van der Waals surface area contributed by atoms with Crippen molar-refractivity contribution in [2.45, 2.75) is 6.54 Å². The summed E-state index contributed by atoms with van der Waals surface area (Å²) in [6.07, 6.45) is 0. The first-order valence-corrected chi connectivity index (χ1v) is 8.61. The van der Waals surface area contributed by atoms with E-state index in [9.17, 15) is 10.1 Å². The number of hydrogen-bond donors (Lipinski definition) is 2. The van der Waals surface area contributed by atoms with Gasteiger partial charge in [-0.05, 0) is 17.7 Å². The van der Waals surface area contributed by atoms with Gasteiger partial charge in [-0.3, -0.25) is 10.1 Å². The molecule has 0 bridgehead atoms. The average Bonchev–Trinajstić information content (AvgIpc) is 2.70. The van der Waals surface area contributed by atoms with Crippen LogP contribution in [0.25, 0.3) is 0 Å². The van der Waals surface area contributed by atoms with Gasteiger partial charge in [-0.25, -0.2) is 4.99 Å². The van der Waals surface area contributed by atoms with E-state index in [0.29, 0.717) is 38.8 Å². The van der Waals surface area contributed by atoms with E-state index < -0.39 is 4.92 Å². The molecule has 0 aliphatic heterocycles. The van der Waals surface area contributed by atoms with Crippen LogP contribution in [0, 0.1) is 10.1 Å². The molecule has 144 valence electrons. The Balaban J connectivity index is 1.85. The van der Waals surface area contributed by atoms with E-state index in [1.165, 1.54) is 12.1 Å². The molecular formula is C19H24N4O4. The van der Waals surface area contributed by atoms with Crippen molar-refractivity contribution in [1.82, 2.24) is 10.6 Å². The van der Waals surface area contributed by atoms with Crippen LogP contribution in [0.5, 0.6) is 5.75 Å². The summed E-state index contributed by atoms with van der Waals surface area (Å²) in [6, 6.07) is 15.9. The molecule has 0 heterocycles. The molecule has 0 aliphatic rings. The van der Waals surface area contributed by atoms with E-state index in [-0.39, 0.29) is 5.69 Å². The number of methoxy groups -OCH3 is 1. The maximum absolute atomic E-state index is 10.7. The van der Waals surface area contributed by atoms with Gasteiger partial charge in [0.05, 0.1) is 24.6 Å². The number of aliphatic imine (C=N–C) groups is 1. The van der Waals surface area contributed by atoms with Gasteiger partial charge >= 0.3 is 0 Å². The lowest BCUT2D eigenvalue weighted by Crippen LogP contribution is -2.40. The van der Waals surface area contributed by atoms with Crippen LogP contribution >= 0.6 is 0 Å². The largest absolute Gasteiger partial charge is 0.492 e. The van der Waals surface area contributed by atoms with Gasteiger partial charge in [0.2, 0.25) is 0 Å². The molecule has 0 saturated carbocycles. The second-order valence-electron chi connectivity index (χ2n) is 5.60. The second-order valence-corrected chi connectivity index (χ2v) is 5.60. The van der Waals surface area contributed by atoms with E-state index in [2.05, 4.69) is 15.6 Å². The van der Waals surface area contributed by atoms with Crippen LogP contribution in [0.3, 0.4) is 0 Å². The molecule has 0 fully saturated rings. The second kappa shape index (κ2) is 11.5. The van der Waals surface area contributed by atoms with Crippen molar-refractivity contribution in [3.05, 3.63) is 70.3 Å². The Bertz CT molecular complexity index is 720. The first-order chi connectivity index (χ1) is 13.2. The smallest absolute Gasteiger partial charge is 0.269 e. The Morgan fingerprint density at radius 2 is 1.70 bits per heavy atom. The van der Waals surface area contributed by atoms with Crippen molar-refractivity contribution in [2.75, 3.05) is 33.4 Å². The van der Waals surface area contributed by atoms with Crippen LogP contribution in [0.2, 0.25) is 0 Å². The number of nitro groups is 1. The molecule has 8 nitrogen and oxygen atoms in total. The molecule has 27 heavy (non-hydrogen) atoms. The highest BCUT2D eigenvalue weighted by atomic mass is 16.6. The van der Waals surface area contributed by atoms with E-state index in [1.54, 1.807) is 19.2 Å². The van der Waals surface area contributed by atoms with Crippen molar-refractivity contribution < 1.29 is 14.4 Å². The number of nitrogens with one attached hydrogen (secondary N) is 2. The van der Waals surface area contributed by atoms with Crippen molar-refractivity contribution in [3.8, 4) is 5.75 Å². The van der Waals surface area contributed by atoms with Crippen molar-refractivity contribution in [3.63, 3.8) is 0 Å². The Hall–Kier alpha value is -3.13. The van der Waals surface area contributed by atoms with Gasteiger partial charge in [0.1, 0.15) is 12.4 Å². The molecule has 2 N–H and O–H groups in total. The molecule has 0 spiro atoms. The minimum Gasteiger partial charge on any atom is -0.492 e. The highest BCUT2D eigenvalue weighted by molar-refractivity contribution is 5.79. The van der Waals surface area contributed by atoms with Gasteiger partial charge in [0.15, 0.2) is 5.96 Å². The lowest BCUT2D eigenvalue weighted by molar-refractivity contribution is -0.384. The topological polar surface area (TPSA) is 98.0 Å². The van der Waals surface area contributed by atoms with Crippen LogP contribution in [-0.4, -0.2) is 44.3 Å². The summed E-state index contributed by atoms with van der Waals surface area (Å²) in [5.41, 5.74) is 0.950. The monoisotopic (exact) mass is 372 g/mol. The molecule has 0 atom stereocenters. The van der Waals surface area contributed by atoms with Gasteiger partial charge in [0, 0.05) is 25.8 Å². The fraction of sp³-hybridized carbons (Fsp3) is 0.316. The van der Waals surface area contributed by atoms with E-state index in [1.807, 2.05) is 30.3 Å². The number of non-ortho nitro benzene ring substituents is 1. The number of nitrogens with zero attached hydrogens (tertiary/aromatic N) is 2. The fourth-order valence-corrected chi connectivity index (χ4v) is 2.19. The molecule has 2 aromatic rings. The predicted octanol–water partition coefficient (Wildman–Crippen LogP) is 2.36. The Kier molecular flexibility index (Phi) is 8.58. The predicted molar refractivity (Wildman–Crippen MR) is 104 cm³/mol. The first-order valence-electron chi connectivity index (χ1n) is 8.61. The maximum atomic E-state index is 10.7. The highest BCUT2D eigenvalue weighted by Gasteiger charge is 2.04. The zero-order chi connectivity index (χ0) is 19.3. The Morgan fingerprint density at radius 1 is 1.04 bits per heavy atom. The summed E-state index contributed by atoms with van der Waals surface area (Å²) in [5, 5.41) is 17.1. The molecule has 0 radical (unpaired) electrons. The molecule has 8 heteroatoms. The van der Waals surface area contributed by atoms with Crippen LogP contribution in [0.15, 0.2) is 59.6 Å². The van der Waals surface area contributed by atoms with Gasteiger partial charge in [-0.1, -0.05) is 30.3 Å². The highest BCUT2D eigenvalue weighted by Crippen LogP contribution is 2.12. The van der Waals surface area contributed by atoms with Gasteiger partial charge in [-0.2, -0.15) is 0 Å². The lowest BCUT2D eigenvalue weighted by Gasteiger charge is -2.13. The van der Waals surface area contributed by atoms with Crippen molar-refractivity contribution in [1.29, 1.82) is 0 Å². The molecule has 0 aromatic heterocycles. The molecule has 0 saturated heterocycles. The molecule has 2 aromatic carbocycles. The summed E-state index contributed by atoms with van der Waals surface area (Å²) < 4.78 is 10.7. The number of guanidine groups is 1. The molecule has 0 amide bonds. The summed E-state index contributed by atoms with van der Waals surface area (Å²) in [4.78, 5) is 14.8. The van der Waals surface area contributed by atoms with Crippen LogP contribution in [0.4, 0.5) is 5.69 Å². The van der Waals surface area contributed by atoms with Crippen molar-refractivity contribution in [2.24, 2.45) is 4.99 Å². The van der Waals surface area contributed by atoms with Crippen LogP contribution in [-0.2, 0) is 11.3 Å². The first kappa shape index (κ1) is 20.2. The zero-order valence-electron chi connectivity index (χ0n) is 15.3.